The summed E-state index contributed by atoms with van der Waals surface area (Å²) in [4.78, 5) is 25.1. The van der Waals surface area contributed by atoms with Gasteiger partial charge in [0.15, 0.2) is 11.6 Å². The lowest BCUT2D eigenvalue weighted by Gasteiger charge is -2.22. The minimum Gasteiger partial charge on any atom is -0.330 e. The molecule has 0 aliphatic carbocycles. The lowest BCUT2D eigenvalue weighted by Crippen LogP contribution is -2.42. The Kier molecular flexibility index (Phi) is 3.02. The number of anilines is 1. The summed E-state index contributed by atoms with van der Waals surface area (Å²) in [6.07, 6.45) is 0.424. The van der Waals surface area contributed by atoms with Crippen molar-refractivity contribution in [2.24, 2.45) is 0 Å². The second-order valence-electron chi connectivity index (χ2n) is 4.14. The van der Waals surface area contributed by atoms with E-state index in [-0.39, 0.29) is 11.3 Å². The van der Waals surface area contributed by atoms with Gasteiger partial charge in [0, 0.05) is 13.1 Å². The number of amides is 2. The third-order valence-electron chi connectivity index (χ3n) is 3.03. The van der Waals surface area contributed by atoms with Crippen LogP contribution in [0.5, 0.6) is 0 Å². The third-order valence-corrected chi connectivity index (χ3v) is 3.03. The third kappa shape index (κ3) is 1.83. The van der Waals surface area contributed by atoms with Crippen LogP contribution in [0.25, 0.3) is 0 Å². The molecule has 6 heteroatoms. The van der Waals surface area contributed by atoms with Crippen molar-refractivity contribution < 1.29 is 18.4 Å². The maximum Gasteiger partial charge on any atom is 0.256 e. The first-order valence-corrected chi connectivity index (χ1v) is 5.52. The molecule has 1 aliphatic heterocycles. The Labute approximate surface area is 103 Å². The first-order valence-electron chi connectivity index (χ1n) is 5.52. The highest BCUT2D eigenvalue weighted by atomic mass is 19.2. The molecule has 1 unspecified atom stereocenters. The van der Waals surface area contributed by atoms with E-state index in [9.17, 15) is 18.4 Å². The van der Waals surface area contributed by atoms with Gasteiger partial charge in [0.05, 0.1) is 11.3 Å². The van der Waals surface area contributed by atoms with Crippen LogP contribution in [0, 0.1) is 11.6 Å². The molecule has 96 valence electrons. The van der Waals surface area contributed by atoms with Gasteiger partial charge < -0.3 is 10.2 Å². The van der Waals surface area contributed by atoms with E-state index in [2.05, 4.69) is 5.32 Å². The van der Waals surface area contributed by atoms with Crippen molar-refractivity contribution in [3.05, 3.63) is 29.3 Å². The summed E-state index contributed by atoms with van der Waals surface area (Å²) in [7, 11) is 1.46. The number of halogens is 2. The summed E-state index contributed by atoms with van der Waals surface area (Å²) in [5.74, 6) is -3.12. The fraction of sp³-hybridized carbons (Fsp3) is 0.333. The quantitative estimate of drug-likeness (QED) is 0.830. The second kappa shape index (κ2) is 4.36. The van der Waals surface area contributed by atoms with Crippen LogP contribution in [-0.2, 0) is 4.79 Å². The molecule has 1 aromatic carbocycles. The monoisotopic (exact) mass is 254 g/mol. The van der Waals surface area contributed by atoms with Crippen molar-refractivity contribution in [1.29, 1.82) is 0 Å². The van der Waals surface area contributed by atoms with Crippen molar-refractivity contribution in [3.63, 3.8) is 0 Å². The highest BCUT2D eigenvalue weighted by Crippen LogP contribution is 2.25. The Morgan fingerprint density at radius 2 is 1.89 bits per heavy atom. The van der Waals surface area contributed by atoms with Gasteiger partial charge in [-0.1, -0.05) is 6.92 Å². The zero-order valence-corrected chi connectivity index (χ0v) is 9.96. The zero-order valence-electron chi connectivity index (χ0n) is 9.96. The van der Waals surface area contributed by atoms with E-state index < -0.39 is 29.5 Å². The number of hydrogen-bond donors (Lipinski definition) is 1. The number of nitrogens with zero attached hydrogens (tertiary/aromatic N) is 1. The molecule has 1 heterocycles. The van der Waals surface area contributed by atoms with E-state index in [1.54, 1.807) is 6.92 Å². The number of carbonyl (C=O) groups excluding carboxylic acids is 2. The minimum absolute atomic E-state index is 0.00620. The Bertz CT molecular complexity index is 531. The molecule has 4 nitrogen and oxygen atoms in total. The van der Waals surface area contributed by atoms with Crippen molar-refractivity contribution in [2.45, 2.75) is 19.4 Å². The Morgan fingerprint density at radius 1 is 1.28 bits per heavy atom. The lowest BCUT2D eigenvalue weighted by molar-refractivity contribution is -0.120. The molecule has 0 spiro atoms. The fourth-order valence-electron chi connectivity index (χ4n) is 2.01. The van der Waals surface area contributed by atoms with Crippen LogP contribution in [0.2, 0.25) is 0 Å². The van der Waals surface area contributed by atoms with Gasteiger partial charge in [-0.25, -0.2) is 8.78 Å². The Balaban J connectivity index is 2.57. The topological polar surface area (TPSA) is 49.4 Å². The molecule has 2 amide bonds. The van der Waals surface area contributed by atoms with Crippen LogP contribution >= 0.6 is 0 Å². The van der Waals surface area contributed by atoms with Gasteiger partial charge in [-0.15, -0.1) is 0 Å². The number of benzene rings is 1. The molecule has 18 heavy (non-hydrogen) atoms. The molecule has 1 aromatic rings. The number of fused-ring (bicyclic) bond motifs is 1. The average Bonchev–Trinajstić information content (AvgIpc) is 2.40. The number of likely N-dealkylation sites (N-methyl/N-ethyl adjacent to an activating group) is 1. The summed E-state index contributed by atoms with van der Waals surface area (Å²) in [6, 6.07) is 0.991. The van der Waals surface area contributed by atoms with Gasteiger partial charge >= 0.3 is 0 Å². The van der Waals surface area contributed by atoms with Crippen molar-refractivity contribution in [3.8, 4) is 0 Å². The molecule has 1 atom stereocenters. The smallest absolute Gasteiger partial charge is 0.256 e. The SMILES string of the molecule is CCC1C(=O)Nc2cc(F)c(F)cc2C(=O)N1C. The van der Waals surface area contributed by atoms with Gasteiger partial charge in [-0.3, -0.25) is 9.59 Å². The van der Waals surface area contributed by atoms with Crippen LogP contribution < -0.4 is 5.32 Å². The van der Waals surface area contributed by atoms with Crippen molar-refractivity contribution in [2.75, 3.05) is 12.4 Å². The second-order valence-corrected chi connectivity index (χ2v) is 4.14. The largest absolute Gasteiger partial charge is 0.330 e. The fourth-order valence-corrected chi connectivity index (χ4v) is 2.01. The molecule has 0 radical (unpaired) electrons. The molecular weight excluding hydrogens is 242 g/mol. The maximum atomic E-state index is 13.2. The molecule has 1 aliphatic rings. The number of carbonyl (C=O) groups is 2. The molecule has 0 saturated carbocycles. The molecule has 0 saturated heterocycles. The lowest BCUT2D eigenvalue weighted by atomic mass is 10.1. The van der Waals surface area contributed by atoms with Crippen molar-refractivity contribution in [1.82, 2.24) is 4.90 Å². The highest BCUT2D eigenvalue weighted by molar-refractivity contribution is 6.09. The van der Waals surface area contributed by atoms with Crippen LogP contribution in [0.15, 0.2) is 12.1 Å². The molecule has 2 rings (SSSR count). The normalized spacial score (nSPS) is 19.3. The number of nitrogens with one attached hydrogen (secondary N) is 1. The van der Waals surface area contributed by atoms with E-state index in [0.29, 0.717) is 6.42 Å². The summed E-state index contributed by atoms with van der Waals surface area (Å²) >= 11 is 0. The van der Waals surface area contributed by atoms with E-state index >= 15 is 0 Å². The predicted molar refractivity (Wildman–Crippen MR) is 61.2 cm³/mol. The number of hydrogen-bond acceptors (Lipinski definition) is 2. The van der Waals surface area contributed by atoms with Crippen LogP contribution in [-0.4, -0.2) is 29.8 Å². The predicted octanol–water partition coefficient (Wildman–Crippen LogP) is 1.77. The molecular formula is C12H12F2N2O2. The molecule has 0 bridgehead atoms. The summed E-state index contributed by atoms with van der Waals surface area (Å²) in [5, 5.41) is 2.44. The summed E-state index contributed by atoms with van der Waals surface area (Å²) < 4.78 is 26.3. The van der Waals surface area contributed by atoms with Crippen LogP contribution in [0.1, 0.15) is 23.7 Å². The standard InChI is InChI=1S/C12H12F2N2O2/c1-3-10-11(17)15-9-5-8(14)7(13)4-6(9)12(18)16(10)2/h4-5,10H,3H2,1-2H3,(H,15,17). The van der Waals surface area contributed by atoms with E-state index in [1.165, 1.54) is 11.9 Å². The van der Waals surface area contributed by atoms with E-state index in [4.69, 9.17) is 0 Å². The maximum absolute atomic E-state index is 13.2. The minimum atomic E-state index is -1.11. The van der Waals surface area contributed by atoms with Gasteiger partial charge in [0.25, 0.3) is 5.91 Å². The Morgan fingerprint density at radius 3 is 2.50 bits per heavy atom. The first-order chi connectivity index (χ1) is 8.45. The van der Waals surface area contributed by atoms with E-state index in [1.807, 2.05) is 0 Å². The molecule has 1 N–H and O–H groups in total. The van der Waals surface area contributed by atoms with Gasteiger partial charge in [-0.05, 0) is 12.5 Å². The van der Waals surface area contributed by atoms with Crippen molar-refractivity contribution >= 4 is 17.5 Å². The summed E-state index contributed by atoms with van der Waals surface area (Å²) in [6.45, 7) is 1.76. The van der Waals surface area contributed by atoms with Crippen LogP contribution in [0.4, 0.5) is 14.5 Å². The van der Waals surface area contributed by atoms with Crippen LogP contribution in [0.3, 0.4) is 0 Å². The first kappa shape index (κ1) is 12.5. The summed E-state index contributed by atoms with van der Waals surface area (Å²) in [5.41, 5.74) is -0.0348. The highest BCUT2D eigenvalue weighted by Gasteiger charge is 2.32. The van der Waals surface area contributed by atoms with Gasteiger partial charge in [-0.2, -0.15) is 0 Å². The number of rotatable bonds is 1. The van der Waals surface area contributed by atoms with Gasteiger partial charge in [0.2, 0.25) is 5.91 Å². The Hall–Kier alpha value is -1.98. The molecule has 0 fully saturated rings. The van der Waals surface area contributed by atoms with E-state index in [0.717, 1.165) is 12.1 Å². The average molecular weight is 254 g/mol. The molecule has 0 aromatic heterocycles. The zero-order chi connectivity index (χ0) is 13.4. The van der Waals surface area contributed by atoms with Gasteiger partial charge in [0.1, 0.15) is 6.04 Å².